The van der Waals surface area contributed by atoms with E-state index in [9.17, 15) is 4.79 Å². The zero-order valence-corrected chi connectivity index (χ0v) is 13.5. The molecular weight excluding hydrogens is 300 g/mol. The van der Waals surface area contributed by atoms with Crippen molar-refractivity contribution in [2.24, 2.45) is 0 Å². The van der Waals surface area contributed by atoms with Crippen LogP contribution in [0.25, 0.3) is 0 Å². The number of hydrogen-bond acceptors (Lipinski definition) is 4. The molecule has 2 aromatic rings. The Bertz CT molecular complexity index is 609. The largest absolute Gasteiger partial charge is 0.365 e. The second-order valence-corrected chi connectivity index (χ2v) is 5.18. The van der Waals surface area contributed by atoms with Crippen molar-refractivity contribution in [3.05, 3.63) is 52.9 Å². The van der Waals surface area contributed by atoms with Crippen molar-refractivity contribution >= 4 is 23.3 Å². The number of carbonyl (C=O) groups excluding carboxylic acids is 1. The molecule has 0 aliphatic carbocycles. The monoisotopic (exact) mass is 318 g/mol. The highest BCUT2D eigenvalue weighted by molar-refractivity contribution is 6.30. The van der Waals surface area contributed by atoms with Crippen LogP contribution in [-0.4, -0.2) is 33.9 Å². The number of anilines is 1. The third-order valence-electron chi connectivity index (χ3n) is 3.31. The molecule has 0 bridgehead atoms. The van der Waals surface area contributed by atoms with Crippen LogP contribution >= 0.6 is 11.6 Å². The summed E-state index contributed by atoms with van der Waals surface area (Å²) in [4.78, 5) is 22.3. The van der Waals surface area contributed by atoms with Gasteiger partial charge in [-0.05, 0) is 31.5 Å². The minimum atomic E-state index is -0.0956. The molecule has 2 rings (SSSR count). The van der Waals surface area contributed by atoms with E-state index in [-0.39, 0.29) is 5.91 Å². The highest BCUT2D eigenvalue weighted by atomic mass is 35.5. The van der Waals surface area contributed by atoms with Gasteiger partial charge in [-0.15, -0.1) is 0 Å². The van der Waals surface area contributed by atoms with Crippen molar-refractivity contribution in [1.82, 2.24) is 14.9 Å². The summed E-state index contributed by atoms with van der Waals surface area (Å²) in [5.41, 5.74) is 1.45. The van der Waals surface area contributed by atoms with Gasteiger partial charge >= 0.3 is 0 Å². The summed E-state index contributed by atoms with van der Waals surface area (Å²) < 4.78 is 0. The summed E-state index contributed by atoms with van der Waals surface area (Å²) in [6.45, 7) is 5.82. The maximum Gasteiger partial charge on any atom is 0.274 e. The normalized spacial score (nSPS) is 10.3. The van der Waals surface area contributed by atoms with Gasteiger partial charge in [0.2, 0.25) is 0 Å². The molecule has 0 aliphatic rings. The van der Waals surface area contributed by atoms with Crippen LogP contribution in [0.1, 0.15) is 29.9 Å². The maximum atomic E-state index is 12.1. The Morgan fingerprint density at radius 3 is 2.36 bits per heavy atom. The highest BCUT2D eigenvalue weighted by Gasteiger charge is 2.14. The van der Waals surface area contributed by atoms with Crippen molar-refractivity contribution in [3.63, 3.8) is 0 Å². The first-order valence-corrected chi connectivity index (χ1v) is 7.61. The van der Waals surface area contributed by atoms with E-state index in [2.05, 4.69) is 15.3 Å². The molecule has 0 aliphatic heterocycles. The number of benzene rings is 1. The average Bonchev–Trinajstić information content (AvgIpc) is 2.56. The molecule has 1 aromatic heterocycles. The van der Waals surface area contributed by atoms with E-state index < -0.39 is 0 Å². The van der Waals surface area contributed by atoms with Gasteiger partial charge in [0, 0.05) is 24.7 Å². The number of nitrogens with zero attached hydrogens (tertiary/aromatic N) is 3. The quantitative estimate of drug-likeness (QED) is 0.888. The van der Waals surface area contributed by atoms with Crippen molar-refractivity contribution in [2.45, 2.75) is 20.4 Å². The number of halogens is 1. The minimum Gasteiger partial charge on any atom is -0.365 e. The summed E-state index contributed by atoms with van der Waals surface area (Å²) in [5, 5.41) is 3.87. The molecule has 5 nitrogen and oxygen atoms in total. The molecule has 0 spiro atoms. The first-order chi connectivity index (χ1) is 10.6. The zero-order valence-electron chi connectivity index (χ0n) is 12.7. The third kappa shape index (κ3) is 4.18. The molecule has 0 unspecified atom stereocenters. The molecule has 1 heterocycles. The van der Waals surface area contributed by atoms with Gasteiger partial charge in [-0.25, -0.2) is 9.97 Å². The molecule has 0 fully saturated rings. The van der Waals surface area contributed by atoms with Crippen LogP contribution < -0.4 is 5.32 Å². The van der Waals surface area contributed by atoms with Crippen molar-refractivity contribution in [2.75, 3.05) is 18.4 Å². The van der Waals surface area contributed by atoms with Crippen molar-refractivity contribution in [1.29, 1.82) is 0 Å². The predicted octanol–water partition coefficient (Wildman–Crippen LogP) is 3.22. The molecule has 22 heavy (non-hydrogen) atoms. The van der Waals surface area contributed by atoms with Crippen LogP contribution in [0, 0.1) is 0 Å². The molecule has 1 N–H and O–H groups in total. The molecule has 6 heteroatoms. The predicted molar refractivity (Wildman–Crippen MR) is 88.1 cm³/mol. The fourth-order valence-electron chi connectivity index (χ4n) is 2.00. The summed E-state index contributed by atoms with van der Waals surface area (Å²) in [6, 6.07) is 7.58. The molecule has 0 saturated heterocycles. The average molecular weight is 319 g/mol. The van der Waals surface area contributed by atoms with E-state index in [1.807, 2.05) is 38.1 Å². The number of nitrogens with one attached hydrogen (secondary N) is 1. The molecule has 116 valence electrons. The van der Waals surface area contributed by atoms with E-state index in [1.165, 1.54) is 6.20 Å². The molecule has 0 saturated carbocycles. The fourth-order valence-corrected chi connectivity index (χ4v) is 2.12. The van der Waals surface area contributed by atoms with Crippen LogP contribution in [-0.2, 0) is 6.54 Å². The first kappa shape index (κ1) is 16.2. The molecule has 0 atom stereocenters. The van der Waals surface area contributed by atoms with Crippen molar-refractivity contribution < 1.29 is 4.79 Å². The Kier molecular flexibility index (Phi) is 5.72. The lowest BCUT2D eigenvalue weighted by Gasteiger charge is -2.17. The lowest BCUT2D eigenvalue weighted by atomic mass is 10.2. The van der Waals surface area contributed by atoms with E-state index in [0.29, 0.717) is 36.2 Å². The lowest BCUT2D eigenvalue weighted by Crippen LogP contribution is -2.31. The van der Waals surface area contributed by atoms with Crippen LogP contribution in [0.15, 0.2) is 36.7 Å². The number of rotatable bonds is 6. The van der Waals surface area contributed by atoms with Crippen LogP contribution in [0.4, 0.5) is 5.82 Å². The smallest absolute Gasteiger partial charge is 0.274 e. The minimum absolute atomic E-state index is 0.0956. The lowest BCUT2D eigenvalue weighted by molar-refractivity contribution is 0.0766. The van der Waals surface area contributed by atoms with Gasteiger partial charge in [0.15, 0.2) is 0 Å². The summed E-state index contributed by atoms with van der Waals surface area (Å²) >= 11 is 5.85. The van der Waals surface area contributed by atoms with E-state index in [4.69, 9.17) is 11.6 Å². The Hall–Kier alpha value is -2.14. The third-order valence-corrected chi connectivity index (χ3v) is 3.56. The number of aromatic nitrogens is 2. The van der Waals surface area contributed by atoms with Crippen LogP contribution in [0.5, 0.6) is 0 Å². The van der Waals surface area contributed by atoms with Crippen molar-refractivity contribution in [3.8, 4) is 0 Å². The maximum absolute atomic E-state index is 12.1. The number of hydrogen-bond donors (Lipinski definition) is 1. The van der Waals surface area contributed by atoms with Gasteiger partial charge in [0.1, 0.15) is 11.5 Å². The van der Waals surface area contributed by atoms with Gasteiger partial charge in [-0.2, -0.15) is 0 Å². The van der Waals surface area contributed by atoms with Gasteiger partial charge < -0.3 is 10.2 Å². The van der Waals surface area contributed by atoms with E-state index >= 15 is 0 Å². The molecule has 0 radical (unpaired) electrons. The zero-order chi connectivity index (χ0) is 15.9. The Labute approximate surface area is 135 Å². The molecule has 1 amide bonds. The van der Waals surface area contributed by atoms with Gasteiger partial charge in [0.25, 0.3) is 5.91 Å². The Morgan fingerprint density at radius 2 is 1.82 bits per heavy atom. The second-order valence-electron chi connectivity index (χ2n) is 4.74. The number of amides is 1. The summed E-state index contributed by atoms with van der Waals surface area (Å²) in [5.74, 6) is 0.535. The van der Waals surface area contributed by atoms with Gasteiger partial charge in [0.05, 0.1) is 12.4 Å². The van der Waals surface area contributed by atoms with Gasteiger partial charge in [-0.1, -0.05) is 23.7 Å². The van der Waals surface area contributed by atoms with E-state index in [0.717, 1.165) is 5.56 Å². The SMILES string of the molecule is CCN(CC)C(=O)c1cnc(NCc2ccc(Cl)cc2)cn1. The molecule has 1 aromatic carbocycles. The summed E-state index contributed by atoms with van der Waals surface area (Å²) in [7, 11) is 0. The second kappa shape index (κ2) is 7.75. The topological polar surface area (TPSA) is 58.1 Å². The Balaban J connectivity index is 1.97. The first-order valence-electron chi connectivity index (χ1n) is 7.23. The summed E-state index contributed by atoms with van der Waals surface area (Å²) in [6.07, 6.45) is 3.08. The Morgan fingerprint density at radius 1 is 1.14 bits per heavy atom. The van der Waals surface area contributed by atoms with Crippen LogP contribution in [0.3, 0.4) is 0 Å². The molecular formula is C16H19ClN4O. The van der Waals surface area contributed by atoms with Gasteiger partial charge in [-0.3, -0.25) is 4.79 Å². The fraction of sp³-hybridized carbons (Fsp3) is 0.312. The van der Waals surface area contributed by atoms with E-state index in [1.54, 1.807) is 11.1 Å². The number of carbonyl (C=O) groups is 1. The highest BCUT2D eigenvalue weighted by Crippen LogP contribution is 2.11. The van der Waals surface area contributed by atoms with Crippen LogP contribution in [0.2, 0.25) is 5.02 Å². The standard InChI is InChI=1S/C16H19ClN4O/c1-3-21(4-2)16(22)14-10-20-15(11-18-14)19-9-12-5-7-13(17)8-6-12/h5-8,10-11H,3-4,9H2,1-2H3,(H,19,20).